The summed E-state index contributed by atoms with van der Waals surface area (Å²) >= 11 is 0. The molecular formula is C13H17NO3. The molecule has 1 aromatic carbocycles. The highest BCUT2D eigenvalue weighted by molar-refractivity contribution is 5.87. The lowest BCUT2D eigenvalue weighted by Crippen LogP contribution is -2.11. The van der Waals surface area contributed by atoms with Crippen molar-refractivity contribution < 1.29 is 14.3 Å². The van der Waals surface area contributed by atoms with Gasteiger partial charge in [-0.3, -0.25) is 0 Å². The largest absolute Gasteiger partial charge is 0.492 e. The van der Waals surface area contributed by atoms with E-state index in [2.05, 4.69) is 0 Å². The Balaban J connectivity index is 2.72. The quantitative estimate of drug-likeness (QED) is 0.601. The first kappa shape index (κ1) is 13.3. The first-order valence-electron chi connectivity index (χ1n) is 5.54. The molecule has 0 spiro atoms. The van der Waals surface area contributed by atoms with Crippen LogP contribution >= 0.6 is 0 Å². The summed E-state index contributed by atoms with van der Waals surface area (Å²) in [7, 11) is 0. The van der Waals surface area contributed by atoms with Crippen molar-refractivity contribution in [1.82, 2.24) is 0 Å². The van der Waals surface area contributed by atoms with Crippen molar-refractivity contribution >= 4 is 12.0 Å². The Bertz CT molecular complexity index is 388. The SMILES string of the molecule is CCOC(=O)C=Cc1ccccc1OCCN. The number of para-hydroxylation sites is 1. The molecule has 0 bridgehead atoms. The summed E-state index contributed by atoms with van der Waals surface area (Å²) in [4.78, 5) is 11.2. The van der Waals surface area contributed by atoms with Crippen LogP contribution in [0.4, 0.5) is 0 Å². The fraction of sp³-hybridized carbons (Fsp3) is 0.308. The summed E-state index contributed by atoms with van der Waals surface area (Å²) < 4.78 is 10.2. The Kier molecular flexibility index (Phi) is 5.82. The Morgan fingerprint density at radius 3 is 2.88 bits per heavy atom. The number of nitrogens with two attached hydrogens (primary N) is 1. The molecule has 2 N–H and O–H groups in total. The maximum atomic E-state index is 11.2. The van der Waals surface area contributed by atoms with Crippen molar-refractivity contribution in [2.24, 2.45) is 5.73 Å². The number of esters is 1. The minimum Gasteiger partial charge on any atom is -0.492 e. The van der Waals surface area contributed by atoms with E-state index in [1.165, 1.54) is 6.08 Å². The third-order valence-electron chi connectivity index (χ3n) is 1.98. The molecule has 4 nitrogen and oxygen atoms in total. The zero-order valence-corrected chi connectivity index (χ0v) is 9.89. The van der Waals surface area contributed by atoms with Crippen molar-refractivity contribution in [3.63, 3.8) is 0 Å². The van der Waals surface area contributed by atoms with Crippen molar-refractivity contribution in [2.75, 3.05) is 19.8 Å². The molecule has 0 aliphatic heterocycles. The monoisotopic (exact) mass is 235 g/mol. The van der Waals surface area contributed by atoms with E-state index in [0.717, 1.165) is 5.56 Å². The topological polar surface area (TPSA) is 61.5 Å². The lowest BCUT2D eigenvalue weighted by Gasteiger charge is -2.07. The van der Waals surface area contributed by atoms with Gasteiger partial charge in [0.05, 0.1) is 6.61 Å². The molecule has 0 unspecified atom stereocenters. The number of ether oxygens (including phenoxy) is 2. The maximum Gasteiger partial charge on any atom is 0.330 e. The number of benzene rings is 1. The van der Waals surface area contributed by atoms with Gasteiger partial charge in [-0.1, -0.05) is 18.2 Å². The van der Waals surface area contributed by atoms with Gasteiger partial charge >= 0.3 is 5.97 Å². The Labute approximate surface area is 101 Å². The summed E-state index contributed by atoms with van der Waals surface area (Å²) in [5.74, 6) is 0.347. The van der Waals surface area contributed by atoms with Gasteiger partial charge in [0, 0.05) is 18.2 Å². The molecule has 0 aliphatic rings. The number of carbonyl (C=O) groups excluding carboxylic acids is 1. The average Bonchev–Trinajstić information content (AvgIpc) is 2.35. The average molecular weight is 235 g/mol. The fourth-order valence-electron chi connectivity index (χ4n) is 1.27. The van der Waals surface area contributed by atoms with E-state index in [4.69, 9.17) is 15.2 Å². The molecular weight excluding hydrogens is 218 g/mol. The fourth-order valence-corrected chi connectivity index (χ4v) is 1.27. The van der Waals surface area contributed by atoms with Crippen LogP contribution in [0.15, 0.2) is 30.3 Å². The molecule has 0 saturated carbocycles. The van der Waals surface area contributed by atoms with Gasteiger partial charge in [-0.05, 0) is 19.1 Å². The van der Waals surface area contributed by atoms with E-state index in [1.807, 2.05) is 24.3 Å². The van der Waals surface area contributed by atoms with E-state index >= 15 is 0 Å². The van der Waals surface area contributed by atoms with Gasteiger partial charge in [0.2, 0.25) is 0 Å². The zero-order valence-electron chi connectivity index (χ0n) is 9.89. The summed E-state index contributed by atoms with van der Waals surface area (Å²) in [5.41, 5.74) is 6.20. The second-order valence-electron chi connectivity index (χ2n) is 3.26. The van der Waals surface area contributed by atoms with Crippen LogP contribution in [0.3, 0.4) is 0 Å². The van der Waals surface area contributed by atoms with Crippen LogP contribution in [0, 0.1) is 0 Å². The molecule has 0 fully saturated rings. The van der Waals surface area contributed by atoms with E-state index in [0.29, 0.717) is 25.5 Å². The van der Waals surface area contributed by atoms with E-state index in [1.54, 1.807) is 13.0 Å². The van der Waals surface area contributed by atoms with E-state index < -0.39 is 0 Å². The Morgan fingerprint density at radius 1 is 1.41 bits per heavy atom. The molecule has 0 radical (unpaired) electrons. The third kappa shape index (κ3) is 4.70. The molecule has 0 atom stereocenters. The number of rotatable bonds is 6. The van der Waals surface area contributed by atoms with Crippen LogP contribution in [0.2, 0.25) is 0 Å². The summed E-state index contributed by atoms with van der Waals surface area (Å²) in [5, 5.41) is 0. The first-order valence-corrected chi connectivity index (χ1v) is 5.54. The van der Waals surface area contributed by atoms with Crippen LogP contribution in [-0.4, -0.2) is 25.7 Å². The second-order valence-corrected chi connectivity index (χ2v) is 3.26. The molecule has 0 aliphatic carbocycles. The zero-order chi connectivity index (χ0) is 12.5. The van der Waals surface area contributed by atoms with Crippen molar-refractivity contribution in [3.8, 4) is 5.75 Å². The highest BCUT2D eigenvalue weighted by atomic mass is 16.5. The number of hydrogen-bond donors (Lipinski definition) is 1. The highest BCUT2D eigenvalue weighted by Gasteiger charge is 2.00. The second kappa shape index (κ2) is 7.46. The molecule has 92 valence electrons. The van der Waals surface area contributed by atoms with Crippen LogP contribution in [0.25, 0.3) is 6.08 Å². The predicted octanol–water partition coefficient (Wildman–Crippen LogP) is 1.60. The summed E-state index contributed by atoms with van der Waals surface area (Å²) in [6.45, 7) is 3.04. The summed E-state index contributed by atoms with van der Waals surface area (Å²) in [6.07, 6.45) is 3.05. The van der Waals surface area contributed by atoms with Crippen LogP contribution in [0.1, 0.15) is 12.5 Å². The Hall–Kier alpha value is -1.81. The normalized spacial score (nSPS) is 10.5. The van der Waals surface area contributed by atoms with Gasteiger partial charge in [0.1, 0.15) is 12.4 Å². The lowest BCUT2D eigenvalue weighted by atomic mass is 10.2. The van der Waals surface area contributed by atoms with Gasteiger partial charge in [-0.2, -0.15) is 0 Å². The standard InChI is InChI=1S/C13H17NO3/c1-2-16-13(15)8-7-11-5-3-4-6-12(11)17-10-9-14/h3-8H,2,9-10,14H2,1H3. The highest BCUT2D eigenvalue weighted by Crippen LogP contribution is 2.19. The van der Waals surface area contributed by atoms with Gasteiger partial charge in [0.25, 0.3) is 0 Å². The van der Waals surface area contributed by atoms with Crippen molar-refractivity contribution in [3.05, 3.63) is 35.9 Å². The predicted molar refractivity (Wildman–Crippen MR) is 66.7 cm³/mol. The lowest BCUT2D eigenvalue weighted by molar-refractivity contribution is -0.137. The van der Waals surface area contributed by atoms with E-state index in [-0.39, 0.29) is 5.97 Å². The van der Waals surface area contributed by atoms with Crippen LogP contribution in [0.5, 0.6) is 5.75 Å². The summed E-state index contributed by atoms with van der Waals surface area (Å²) in [6, 6.07) is 7.44. The molecule has 0 heterocycles. The van der Waals surface area contributed by atoms with Gasteiger partial charge < -0.3 is 15.2 Å². The van der Waals surface area contributed by atoms with Crippen molar-refractivity contribution in [2.45, 2.75) is 6.92 Å². The first-order chi connectivity index (χ1) is 8.27. The molecule has 0 amide bonds. The molecule has 1 aromatic rings. The van der Waals surface area contributed by atoms with Gasteiger partial charge in [-0.25, -0.2) is 4.79 Å². The minimum absolute atomic E-state index is 0.360. The number of carbonyl (C=O) groups is 1. The van der Waals surface area contributed by atoms with E-state index in [9.17, 15) is 4.79 Å². The molecule has 1 rings (SSSR count). The molecule has 0 aromatic heterocycles. The molecule has 17 heavy (non-hydrogen) atoms. The molecule has 0 saturated heterocycles. The molecule has 4 heteroatoms. The number of hydrogen-bond acceptors (Lipinski definition) is 4. The third-order valence-corrected chi connectivity index (χ3v) is 1.98. The van der Waals surface area contributed by atoms with Crippen LogP contribution < -0.4 is 10.5 Å². The smallest absolute Gasteiger partial charge is 0.330 e. The maximum absolute atomic E-state index is 11.2. The minimum atomic E-state index is -0.360. The van der Waals surface area contributed by atoms with Gasteiger partial charge in [-0.15, -0.1) is 0 Å². The van der Waals surface area contributed by atoms with Gasteiger partial charge in [0.15, 0.2) is 0 Å². The van der Waals surface area contributed by atoms with Crippen LogP contribution in [-0.2, 0) is 9.53 Å². The van der Waals surface area contributed by atoms with Crippen molar-refractivity contribution in [1.29, 1.82) is 0 Å². The Morgan fingerprint density at radius 2 is 2.18 bits per heavy atom.